The summed E-state index contributed by atoms with van der Waals surface area (Å²) in [5.41, 5.74) is 1.09. The Bertz CT molecular complexity index is 544. The molecule has 1 aliphatic heterocycles. The fourth-order valence-electron chi connectivity index (χ4n) is 3.03. The van der Waals surface area contributed by atoms with Crippen molar-refractivity contribution in [3.63, 3.8) is 0 Å². The van der Waals surface area contributed by atoms with Crippen LogP contribution in [0.4, 0.5) is 0 Å². The van der Waals surface area contributed by atoms with Crippen molar-refractivity contribution >= 4 is 0 Å². The molecule has 1 fully saturated rings. The standard InChI is InChI=1S/C15H23N5O/c1-12(13-11-17-18-19(13)2)16-10-14(15-6-5-9-21-15)20-7-3-4-8-20/h5-6,9,11-12,14,16H,3-4,7-8,10H2,1-2H3/t12-,14+/m0/s1. The van der Waals surface area contributed by atoms with E-state index in [1.807, 2.05) is 24.0 Å². The Morgan fingerprint density at radius 1 is 1.38 bits per heavy atom. The predicted octanol–water partition coefficient (Wildman–Crippen LogP) is 1.90. The van der Waals surface area contributed by atoms with Gasteiger partial charge in [-0.2, -0.15) is 0 Å². The van der Waals surface area contributed by atoms with Gasteiger partial charge in [0.25, 0.3) is 0 Å². The minimum absolute atomic E-state index is 0.213. The van der Waals surface area contributed by atoms with Crippen LogP contribution in [0.15, 0.2) is 29.0 Å². The third-order valence-electron chi connectivity index (χ3n) is 4.26. The van der Waals surface area contributed by atoms with Crippen LogP contribution in [-0.4, -0.2) is 39.5 Å². The van der Waals surface area contributed by atoms with E-state index in [9.17, 15) is 0 Å². The zero-order valence-electron chi connectivity index (χ0n) is 12.7. The summed E-state index contributed by atoms with van der Waals surface area (Å²) in [6.07, 6.45) is 6.12. The van der Waals surface area contributed by atoms with Gasteiger partial charge in [0.2, 0.25) is 0 Å². The molecule has 3 heterocycles. The molecule has 3 rings (SSSR count). The second-order valence-electron chi connectivity index (χ2n) is 5.69. The van der Waals surface area contributed by atoms with Crippen LogP contribution in [-0.2, 0) is 7.05 Å². The monoisotopic (exact) mass is 289 g/mol. The average Bonchev–Trinajstić information content (AvgIpc) is 3.21. The molecule has 2 aromatic rings. The summed E-state index contributed by atoms with van der Waals surface area (Å²) < 4.78 is 7.46. The van der Waals surface area contributed by atoms with E-state index in [-0.39, 0.29) is 6.04 Å². The lowest BCUT2D eigenvalue weighted by Gasteiger charge is -2.27. The largest absolute Gasteiger partial charge is 0.468 e. The van der Waals surface area contributed by atoms with E-state index in [1.54, 1.807) is 6.26 Å². The van der Waals surface area contributed by atoms with Gasteiger partial charge < -0.3 is 9.73 Å². The van der Waals surface area contributed by atoms with Gasteiger partial charge in [0, 0.05) is 19.6 Å². The summed E-state index contributed by atoms with van der Waals surface area (Å²) in [6.45, 7) is 5.30. The van der Waals surface area contributed by atoms with Crippen LogP contribution in [0.1, 0.15) is 43.3 Å². The van der Waals surface area contributed by atoms with Crippen molar-refractivity contribution in [1.29, 1.82) is 0 Å². The lowest BCUT2D eigenvalue weighted by atomic mass is 10.1. The molecule has 0 unspecified atom stereocenters. The number of hydrogen-bond acceptors (Lipinski definition) is 5. The van der Waals surface area contributed by atoms with E-state index in [0.717, 1.165) is 31.1 Å². The summed E-state index contributed by atoms with van der Waals surface area (Å²) in [5.74, 6) is 1.04. The number of furan rings is 1. The number of nitrogens with one attached hydrogen (secondary N) is 1. The highest BCUT2D eigenvalue weighted by Gasteiger charge is 2.26. The molecule has 0 saturated carbocycles. The molecule has 0 aromatic carbocycles. The molecule has 1 aliphatic rings. The Kier molecular flexibility index (Phi) is 4.36. The first-order valence-electron chi connectivity index (χ1n) is 7.61. The molecule has 2 atom stereocenters. The first-order chi connectivity index (χ1) is 10.3. The second-order valence-corrected chi connectivity index (χ2v) is 5.69. The van der Waals surface area contributed by atoms with E-state index in [4.69, 9.17) is 4.42 Å². The molecule has 0 radical (unpaired) electrons. The van der Waals surface area contributed by atoms with Crippen LogP contribution in [0, 0.1) is 0 Å². The van der Waals surface area contributed by atoms with Crippen molar-refractivity contribution in [1.82, 2.24) is 25.2 Å². The third-order valence-corrected chi connectivity index (χ3v) is 4.26. The average molecular weight is 289 g/mol. The Morgan fingerprint density at radius 2 is 2.19 bits per heavy atom. The molecule has 1 saturated heterocycles. The fraction of sp³-hybridized carbons (Fsp3) is 0.600. The van der Waals surface area contributed by atoms with E-state index in [1.165, 1.54) is 12.8 Å². The van der Waals surface area contributed by atoms with Crippen molar-refractivity contribution in [3.05, 3.63) is 36.0 Å². The molecule has 6 nitrogen and oxygen atoms in total. The highest BCUT2D eigenvalue weighted by molar-refractivity contribution is 5.07. The number of aryl methyl sites for hydroxylation is 1. The van der Waals surface area contributed by atoms with Gasteiger partial charge in [-0.3, -0.25) is 9.58 Å². The molecule has 0 aliphatic carbocycles. The maximum Gasteiger partial charge on any atom is 0.122 e. The van der Waals surface area contributed by atoms with E-state index in [0.29, 0.717) is 6.04 Å². The van der Waals surface area contributed by atoms with Gasteiger partial charge in [-0.05, 0) is 45.0 Å². The van der Waals surface area contributed by atoms with Crippen molar-refractivity contribution in [2.75, 3.05) is 19.6 Å². The maximum atomic E-state index is 5.64. The number of likely N-dealkylation sites (tertiary alicyclic amines) is 1. The summed E-state index contributed by atoms with van der Waals surface area (Å²) in [4.78, 5) is 2.50. The Labute approximate surface area is 125 Å². The van der Waals surface area contributed by atoms with Crippen molar-refractivity contribution in [2.24, 2.45) is 7.05 Å². The maximum absolute atomic E-state index is 5.64. The van der Waals surface area contributed by atoms with Gasteiger partial charge in [-0.25, -0.2) is 0 Å². The van der Waals surface area contributed by atoms with Gasteiger partial charge in [0.15, 0.2) is 0 Å². The first kappa shape index (κ1) is 14.3. The number of aromatic nitrogens is 3. The van der Waals surface area contributed by atoms with Crippen LogP contribution in [0.5, 0.6) is 0 Å². The van der Waals surface area contributed by atoms with Gasteiger partial charge in [-0.15, -0.1) is 5.10 Å². The molecule has 0 spiro atoms. The minimum Gasteiger partial charge on any atom is -0.468 e. The normalized spacial score (nSPS) is 19.0. The molecule has 0 amide bonds. The molecule has 114 valence electrons. The SMILES string of the molecule is C[C@H](NC[C@H](c1ccco1)N1CCCC1)c1cnnn1C. The minimum atomic E-state index is 0.213. The Hall–Kier alpha value is -1.66. The molecule has 6 heteroatoms. The molecule has 2 aromatic heterocycles. The van der Waals surface area contributed by atoms with Crippen LogP contribution < -0.4 is 5.32 Å². The van der Waals surface area contributed by atoms with Crippen molar-refractivity contribution in [2.45, 2.75) is 31.8 Å². The summed E-state index contributed by atoms with van der Waals surface area (Å²) in [7, 11) is 1.92. The molecular weight excluding hydrogens is 266 g/mol. The zero-order chi connectivity index (χ0) is 14.7. The smallest absolute Gasteiger partial charge is 0.122 e. The number of rotatable bonds is 6. The van der Waals surface area contributed by atoms with Crippen LogP contribution in [0.3, 0.4) is 0 Å². The zero-order valence-corrected chi connectivity index (χ0v) is 12.7. The quantitative estimate of drug-likeness (QED) is 0.880. The highest BCUT2D eigenvalue weighted by Crippen LogP contribution is 2.25. The lowest BCUT2D eigenvalue weighted by molar-refractivity contribution is 0.205. The van der Waals surface area contributed by atoms with E-state index >= 15 is 0 Å². The van der Waals surface area contributed by atoms with Crippen LogP contribution in [0.2, 0.25) is 0 Å². The summed E-state index contributed by atoms with van der Waals surface area (Å²) >= 11 is 0. The van der Waals surface area contributed by atoms with E-state index < -0.39 is 0 Å². The number of nitrogens with zero attached hydrogens (tertiary/aromatic N) is 4. The number of hydrogen-bond donors (Lipinski definition) is 1. The van der Waals surface area contributed by atoms with Gasteiger partial charge in [0.05, 0.1) is 24.2 Å². The molecule has 0 bridgehead atoms. The highest BCUT2D eigenvalue weighted by atomic mass is 16.3. The molecule has 1 N–H and O–H groups in total. The van der Waals surface area contributed by atoms with Crippen LogP contribution in [0.25, 0.3) is 0 Å². The topological polar surface area (TPSA) is 59.1 Å². The summed E-state index contributed by atoms with van der Waals surface area (Å²) in [5, 5.41) is 11.5. The van der Waals surface area contributed by atoms with Gasteiger partial charge in [0.1, 0.15) is 5.76 Å². The Balaban J connectivity index is 1.66. The third kappa shape index (κ3) is 3.16. The molecule has 21 heavy (non-hydrogen) atoms. The Morgan fingerprint density at radius 3 is 2.81 bits per heavy atom. The fourth-order valence-corrected chi connectivity index (χ4v) is 3.03. The van der Waals surface area contributed by atoms with Gasteiger partial charge in [-0.1, -0.05) is 5.21 Å². The van der Waals surface area contributed by atoms with Gasteiger partial charge >= 0.3 is 0 Å². The van der Waals surface area contributed by atoms with E-state index in [2.05, 4.69) is 33.5 Å². The van der Waals surface area contributed by atoms with Crippen molar-refractivity contribution < 1.29 is 4.42 Å². The lowest BCUT2D eigenvalue weighted by Crippen LogP contribution is -2.35. The predicted molar refractivity (Wildman–Crippen MR) is 79.7 cm³/mol. The second kappa shape index (κ2) is 6.41. The first-order valence-corrected chi connectivity index (χ1v) is 7.61. The van der Waals surface area contributed by atoms with Crippen LogP contribution >= 0.6 is 0 Å². The molecular formula is C15H23N5O. The van der Waals surface area contributed by atoms with Crippen molar-refractivity contribution in [3.8, 4) is 0 Å². The summed E-state index contributed by atoms with van der Waals surface area (Å²) in [6, 6.07) is 4.55.